The van der Waals surface area contributed by atoms with Crippen molar-refractivity contribution in [2.45, 2.75) is 57.9 Å². The maximum absolute atomic E-state index is 6.90. The van der Waals surface area contributed by atoms with Crippen LogP contribution in [-0.2, 0) is 12.8 Å². The van der Waals surface area contributed by atoms with E-state index in [0.29, 0.717) is 6.61 Å². The first-order valence-electron chi connectivity index (χ1n) is 11.1. The van der Waals surface area contributed by atoms with Crippen molar-refractivity contribution in [2.75, 3.05) is 6.61 Å². The molecule has 5 rings (SSSR count). The maximum atomic E-state index is 6.90. The second-order valence-electron chi connectivity index (χ2n) is 8.67. The number of aryl methyl sites for hydroxylation is 2. The molecule has 154 valence electrons. The number of nitrogens with zero attached hydrogens (tertiary/aromatic N) is 2. The van der Waals surface area contributed by atoms with Gasteiger partial charge in [-0.05, 0) is 79.8 Å². The molecule has 3 aromatic rings. The Morgan fingerprint density at radius 3 is 2.47 bits per heavy atom. The van der Waals surface area contributed by atoms with Crippen molar-refractivity contribution in [3.8, 4) is 17.0 Å². The van der Waals surface area contributed by atoms with E-state index in [4.69, 9.17) is 20.7 Å². The van der Waals surface area contributed by atoms with E-state index in [1.165, 1.54) is 46.2 Å². The molecule has 1 aliphatic heterocycles. The van der Waals surface area contributed by atoms with E-state index in [0.717, 1.165) is 36.4 Å². The fraction of sp³-hybridized carbons (Fsp3) is 0.385. The number of benzene rings is 2. The van der Waals surface area contributed by atoms with Crippen LogP contribution in [0.15, 0.2) is 42.5 Å². The standard InChI is InChI=1S/C26H29N3O/c1-16-8-7-9-17(2)23(16)25-20-11-3-4-12-21(20)26(29-28-25)24(27)19-14-15-30-22-13-6-5-10-18(19)22/h5-10,13,19,24H,3-4,11-12,14-15,27H2,1-2H3. The fourth-order valence-corrected chi connectivity index (χ4v) is 5.26. The minimum atomic E-state index is -0.165. The number of ether oxygens (including phenoxy) is 1. The van der Waals surface area contributed by atoms with Crippen LogP contribution >= 0.6 is 0 Å². The van der Waals surface area contributed by atoms with Gasteiger partial charge in [0.1, 0.15) is 5.75 Å². The molecule has 0 bridgehead atoms. The third kappa shape index (κ3) is 3.20. The van der Waals surface area contributed by atoms with Gasteiger partial charge in [-0.2, -0.15) is 5.10 Å². The summed E-state index contributed by atoms with van der Waals surface area (Å²) >= 11 is 0. The molecular formula is C26H29N3O. The highest BCUT2D eigenvalue weighted by Crippen LogP contribution is 2.42. The third-order valence-electron chi connectivity index (χ3n) is 6.79. The van der Waals surface area contributed by atoms with Crippen LogP contribution in [0.1, 0.15) is 64.7 Å². The Labute approximate surface area is 178 Å². The second-order valence-corrected chi connectivity index (χ2v) is 8.67. The largest absolute Gasteiger partial charge is 0.493 e. The van der Waals surface area contributed by atoms with Gasteiger partial charge in [0.25, 0.3) is 0 Å². The zero-order chi connectivity index (χ0) is 20.7. The molecule has 4 heteroatoms. The molecule has 4 nitrogen and oxygen atoms in total. The van der Waals surface area contributed by atoms with Crippen LogP contribution in [-0.4, -0.2) is 16.8 Å². The smallest absolute Gasteiger partial charge is 0.122 e. The summed E-state index contributed by atoms with van der Waals surface area (Å²) in [7, 11) is 0. The van der Waals surface area contributed by atoms with E-state index in [1.807, 2.05) is 12.1 Å². The molecule has 0 radical (unpaired) electrons. The number of aromatic nitrogens is 2. The van der Waals surface area contributed by atoms with E-state index in [9.17, 15) is 0 Å². The summed E-state index contributed by atoms with van der Waals surface area (Å²) in [4.78, 5) is 0. The molecule has 0 spiro atoms. The van der Waals surface area contributed by atoms with Crippen LogP contribution in [0, 0.1) is 13.8 Å². The van der Waals surface area contributed by atoms with Crippen LogP contribution in [0.3, 0.4) is 0 Å². The first kappa shape index (κ1) is 19.3. The molecule has 0 fully saturated rings. The van der Waals surface area contributed by atoms with Gasteiger partial charge in [0.2, 0.25) is 0 Å². The number of hydrogen-bond acceptors (Lipinski definition) is 4. The van der Waals surface area contributed by atoms with Gasteiger partial charge in [-0.3, -0.25) is 0 Å². The van der Waals surface area contributed by atoms with E-state index in [2.05, 4.69) is 44.2 Å². The molecule has 2 atom stereocenters. The van der Waals surface area contributed by atoms with Gasteiger partial charge in [0.05, 0.1) is 24.0 Å². The Morgan fingerprint density at radius 2 is 1.67 bits per heavy atom. The van der Waals surface area contributed by atoms with Crippen molar-refractivity contribution in [1.82, 2.24) is 10.2 Å². The number of rotatable bonds is 3. The summed E-state index contributed by atoms with van der Waals surface area (Å²) in [5.74, 6) is 1.17. The van der Waals surface area contributed by atoms with E-state index < -0.39 is 0 Å². The van der Waals surface area contributed by atoms with Gasteiger partial charge in [-0.15, -0.1) is 5.10 Å². The minimum absolute atomic E-state index is 0.165. The van der Waals surface area contributed by atoms with E-state index >= 15 is 0 Å². The molecular weight excluding hydrogens is 370 g/mol. The summed E-state index contributed by atoms with van der Waals surface area (Å²) in [5.41, 5.74) is 16.6. The van der Waals surface area contributed by atoms with Crippen molar-refractivity contribution in [3.63, 3.8) is 0 Å². The summed E-state index contributed by atoms with van der Waals surface area (Å²) in [6.07, 6.45) is 5.39. The summed E-state index contributed by atoms with van der Waals surface area (Å²) in [6, 6.07) is 14.5. The van der Waals surface area contributed by atoms with Crippen LogP contribution in [0.4, 0.5) is 0 Å². The predicted molar refractivity (Wildman–Crippen MR) is 120 cm³/mol. The van der Waals surface area contributed by atoms with Crippen LogP contribution in [0.2, 0.25) is 0 Å². The average Bonchev–Trinajstić information content (AvgIpc) is 2.78. The van der Waals surface area contributed by atoms with Crippen molar-refractivity contribution in [1.29, 1.82) is 0 Å². The lowest BCUT2D eigenvalue weighted by molar-refractivity contribution is 0.254. The molecule has 2 aromatic carbocycles. The zero-order valence-corrected chi connectivity index (χ0v) is 17.8. The Morgan fingerprint density at radius 1 is 0.933 bits per heavy atom. The fourth-order valence-electron chi connectivity index (χ4n) is 5.26. The number of nitrogens with two attached hydrogens (primary N) is 1. The average molecular weight is 400 g/mol. The number of para-hydroxylation sites is 1. The monoisotopic (exact) mass is 399 g/mol. The quantitative estimate of drug-likeness (QED) is 0.657. The molecule has 2 aliphatic rings. The summed E-state index contributed by atoms with van der Waals surface area (Å²) < 4.78 is 5.86. The molecule has 2 heterocycles. The third-order valence-corrected chi connectivity index (χ3v) is 6.79. The van der Waals surface area contributed by atoms with Gasteiger partial charge in [-0.1, -0.05) is 36.4 Å². The molecule has 30 heavy (non-hydrogen) atoms. The van der Waals surface area contributed by atoms with Gasteiger partial charge >= 0.3 is 0 Å². The number of hydrogen-bond donors (Lipinski definition) is 1. The lowest BCUT2D eigenvalue weighted by atomic mass is 9.80. The maximum Gasteiger partial charge on any atom is 0.122 e. The Balaban J connectivity index is 1.61. The molecule has 0 saturated carbocycles. The molecule has 2 N–H and O–H groups in total. The SMILES string of the molecule is Cc1cccc(C)c1-c1nnc(C(N)C2CCOc3ccccc32)c2c1CCCC2. The molecule has 0 amide bonds. The normalized spacial score (nSPS) is 18.8. The number of fused-ring (bicyclic) bond motifs is 2. The molecule has 2 unspecified atom stereocenters. The Hall–Kier alpha value is -2.72. The lowest BCUT2D eigenvalue weighted by Crippen LogP contribution is -2.28. The van der Waals surface area contributed by atoms with Crippen molar-refractivity contribution >= 4 is 0 Å². The highest BCUT2D eigenvalue weighted by atomic mass is 16.5. The van der Waals surface area contributed by atoms with Crippen LogP contribution < -0.4 is 10.5 Å². The Bertz CT molecular complexity index is 1070. The Kier molecular flexibility index (Phi) is 5.03. The topological polar surface area (TPSA) is 61.0 Å². The summed E-state index contributed by atoms with van der Waals surface area (Å²) in [6.45, 7) is 5.03. The zero-order valence-electron chi connectivity index (χ0n) is 17.8. The van der Waals surface area contributed by atoms with Crippen molar-refractivity contribution < 1.29 is 4.74 Å². The van der Waals surface area contributed by atoms with Gasteiger partial charge < -0.3 is 10.5 Å². The second kappa shape index (κ2) is 7.84. The highest BCUT2D eigenvalue weighted by Gasteiger charge is 2.32. The predicted octanol–water partition coefficient (Wildman–Crippen LogP) is 5.21. The van der Waals surface area contributed by atoms with Gasteiger partial charge in [0, 0.05) is 11.5 Å². The van der Waals surface area contributed by atoms with Crippen LogP contribution in [0.25, 0.3) is 11.3 Å². The van der Waals surface area contributed by atoms with Gasteiger partial charge in [-0.25, -0.2) is 0 Å². The minimum Gasteiger partial charge on any atom is -0.493 e. The summed E-state index contributed by atoms with van der Waals surface area (Å²) in [5, 5.41) is 9.58. The lowest BCUT2D eigenvalue weighted by Gasteiger charge is -2.32. The van der Waals surface area contributed by atoms with Crippen molar-refractivity contribution in [2.24, 2.45) is 5.73 Å². The van der Waals surface area contributed by atoms with E-state index in [1.54, 1.807) is 0 Å². The van der Waals surface area contributed by atoms with E-state index in [-0.39, 0.29) is 12.0 Å². The first-order chi connectivity index (χ1) is 14.6. The molecule has 1 aliphatic carbocycles. The first-order valence-corrected chi connectivity index (χ1v) is 11.1. The molecule has 1 aromatic heterocycles. The molecule has 0 saturated heterocycles. The highest BCUT2D eigenvalue weighted by molar-refractivity contribution is 5.71. The van der Waals surface area contributed by atoms with Crippen LogP contribution in [0.5, 0.6) is 5.75 Å². The van der Waals surface area contributed by atoms with Gasteiger partial charge in [0.15, 0.2) is 0 Å². The van der Waals surface area contributed by atoms with Crippen molar-refractivity contribution in [3.05, 3.63) is 76.0 Å².